The number of Topliss-reactive ketones (excluding diaryl/α,β-unsaturated/α-hetero) is 2. The fourth-order valence-electron chi connectivity index (χ4n) is 6.84. The van der Waals surface area contributed by atoms with Crippen LogP contribution in [-0.2, 0) is 10.2 Å². The largest absolute Gasteiger partial charge is 0.497 e. The number of nitrogens with one attached hydrogen (secondary N) is 1. The maximum absolute atomic E-state index is 14.8. The van der Waals surface area contributed by atoms with E-state index < -0.39 is 23.4 Å². The number of nitrogens with zero attached hydrogens (tertiary/aromatic N) is 1. The molecule has 6 nitrogen and oxygen atoms in total. The summed E-state index contributed by atoms with van der Waals surface area (Å²) in [6.07, 6.45) is 3.97. The standard InChI is InChI=1S/C34H25BrN2O4/c1-41-24-17-12-22(13-18-24)32(39)30-29(31(38)21-10-15-23(35)16-11-21)34(25-7-3-4-8-26(25)36-33(34)40)28-19-14-20-6-2-5-9-27(20)37(28)30/h2-19,28-30H,1H3,(H,36,40)/t28-,29-,30+,34+/m1/s1. The Balaban J connectivity index is 1.52. The van der Waals surface area contributed by atoms with Crippen LogP contribution < -0.4 is 15.0 Å². The number of carbonyl (C=O) groups excluding carboxylic acids is 3. The molecule has 4 atom stereocenters. The van der Waals surface area contributed by atoms with Gasteiger partial charge >= 0.3 is 0 Å². The Morgan fingerprint density at radius 1 is 0.854 bits per heavy atom. The van der Waals surface area contributed by atoms with Crippen LogP contribution in [0, 0.1) is 5.92 Å². The first-order chi connectivity index (χ1) is 19.9. The minimum absolute atomic E-state index is 0.229. The summed E-state index contributed by atoms with van der Waals surface area (Å²) in [6.45, 7) is 0. The van der Waals surface area contributed by atoms with Gasteiger partial charge in [-0.15, -0.1) is 0 Å². The second-order valence-corrected chi connectivity index (χ2v) is 11.4. The number of fused-ring (bicyclic) bond motifs is 6. The lowest BCUT2D eigenvalue weighted by molar-refractivity contribution is -0.121. The zero-order valence-corrected chi connectivity index (χ0v) is 23.7. The second kappa shape index (κ2) is 9.56. The number of halogens is 1. The lowest BCUT2D eigenvalue weighted by atomic mass is 9.64. The molecule has 1 amide bonds. The summed E-state index contributed by atoms with van der Waals surface area (Å²) < 4.78 is 6.15. The van der Waals surface area contributed by atoms with E-state index in [4.69, 9.17) is 4.74 Å². The van der Waals surface area contributed by atoms with E-state index in [-0.39, 0.29) is 17.5 Å². The predicted octanol–water partition coefficient (Wildman–Crippen LogP) is 6.31. The van der Waals surface area contributed by atoms with Crippen LogP contribution in [0.5, 0.6) is 5.75 Å². The van der Waals surface area contributed by atoms with Crippen LogP contribution in [0.4, 0.5) is 11.4 Å². The maximum atomic E-state index is 14.8. The summed E-state index contributed by atoms with van der Waals surface area (Å²) >= 11 is 3.46. The first kappa shape index (κ1) is 25.5. The van der Waals surface area contributed by atoms with Gasteiger partial charge in [0, 0.05) is 27.0 Å². The predicted molar refractivity (Wildman–Crippen MR) is 162 cm³/mol. The number of rotatable bonds is 5. The molecule has 3 aliphatic rings. The van der Waals surface area contributed by atoms with E-state index in [0.717, 1.165) is 21.3 Å². The molecule has 0 aliphatic carbocycles. The molecule has 0 bridgehead atoms. The van der Waals surface area contributed by atoms with Crippen LogP contribution >= 0.6 is 15.9 Å². The van der Waals surface area contributed by atoms with Crippen LogP contribution in [0.3, 0.4) is 0 Å². The number of para-hydroxylation sites is 2. The third kappa shape index (κ3) is 3.65. The summed E-state index contributed by atoms with van der Waals surface area (Å²) in [5, 5.41) is 3.06. The van der Waals surface area contributed by atoms with Crippen LogP contribution in [0.2, 0.25) is 0 Å². The zero-order chi connectivity index (χ0) is 28.3. The van der Waals surface area contributed by atoms with Gasteiger partial charge in [-0.3, -0.25) is 14.4 Å². The highest BCUT2D eigenvalue weighted by atomic mass is 79.9. The number of hydrogen-bond donors (Lipinski definition) is 1. The monoisotopic (exact) mass is 604 g/mol. The smallest absolute Gasteiger partial charge is 0.238 e. The van der Waals surface area contributed by atoms with Crippen molar-refractivity contribution >= 4 is 50.9 Å². The topological polar surface area (TPSA) is 75.7 Å². The molecule has 0 unspecified atom stereocenters. The summed E-state index contributed by atoms with van der Waals surface area (Å²) in [6, 6.07) is 27.8. The van der Waals surface area contributed by atoms with E-state index in [1.54, 1.807) is 55.6 Å². The van der Waals surface area contributed by atoms with E-state index in [2.05, 4.69) is 21.2 Å². The minimum atomic E-state index is -1.34. The number of ether oxygens (including phenoxy) is 1. The number of anilines is 2. The van der Waals surface area contributed by atoms with E-state index in [1.165, 1.54) is 0 Å². The van der Waals surface area contributed by atoms with Crippen LogP contribution in [0.1, 0.15) is 31.8 Å². The molecule has 3 aliphatic heterocycles. The molecule has 7 rings (SSSR count). The molecule has 1 spiro atoms. The van der Waals surface area contributed by atoms with Gasteiger partial charge in [-0.25, -0.2) is 0 Å². The van der Waals surface area contributed by atoms with Gasteiger partial charge < -0.3 is 15.0 Å². The quantitative estimate of drug-likeness (QED) is 0.270. The molecule has 4 aromatic rings. The molecule has 1 saturated heterocycles. The Kier molecular flexibility index (Phi) is 5.94. The average molecular weight is 605 g/mol. The van der Waals surface area contributed by atoms with E-state index in [0.29, 0.717) is 22.6 Å². The van der Waals surface area contributed by atoms with Crippen LogP contribution in [-0.4, -0.2) is 36.7 Å². The van der Waals surface area contributed by atoms with Gasteiger partial charge in [0.15, 0.2) is 11.6 Å². The van der Waals surface area contributed by atoms with Gasteiger partial charge in [-0.2, -0.15) is 0 Å². The number of ketones is 2. The normalized spacial score (nSPS) is 23.5. The van der Waals surface area contributed by atoms with Gasteiger partial charge in [0.05, 0.1) is 19.1 Å². The minimum Gasteiger partial charge on any atom is -0.497 e. The van der Waals surface area contributed by atoms with Gasteiger partial charge in [0.25, 0.3) is 0 Å². The molecule has 3 heterocycles. The van der Waals surface area contributed by atoms with Crippen molar-refractivity contribution < 1.29 is 19.1 Å². The van der Waals surface area contributed by atoms with Crippen molar-refractivity contribution in [3.8, 4) is 5.75 Å². The number of methoxy groups -OCH3 is 1. The average Bonchev–Trinajstić information content (AvgIpc) is 3.49. The second-order valence-electron chi connectivity index (χ2n) is 10.5. The van der Waals surface area contributed by atoms with Crippen molar-refractivity contribution in [3.05, 3.63) is 130 Å². The maximum Gasteiger partial charge on any atom is 0.238 e. The number of hydrogen-bond acceptors (Lipinski definition) is 5. The summed E-state index contributed by atoms with van der Waals surface area (Å²) in [5.74, 6) is -1.15. The van der Waals surface area contributed by atoms with Gasteiger partial charge in [0.1, 0.15) is 17.2 Å². The molecule has 1 N–H and O–H groups in total. The molecule has 0 radical (unpaired) electrons. The molecule has 0 aromatic heterocycles. The molecule has 1 fully saturated rings. The Labute approximate surface area is 245 Å². The van der Waals surface area contributed by atoms with Crippen molar-refractivity contribution in [2.75, 3.05) is 17.3 Å². The van der Waals surface area contributed by atoms with Crippen LogP contribution in [0.15, 0.2) is 108 Å². The first-order valence-electron chi connectivity index (χ1n) is 13.4. The van der Waals surface area contributed by atoms with Crippen molar-refractivity contribution in [2.24, 2.45) is 5.92 Å². The van der Waals surface area contributed by atoms with Crippen molar-refractivity contribution in [3.63, 3.8) is 0 Å². The SMILES string of the molecule is COc1ccc(C(=O)[C@@H]2[C@H](C(=O)c3ccc(Br)cc3)[C@@]3(C(=O)Nc4ccccc43)[C@H]3C=Cc4ccccc4N23)cc1. The molecule has 202 valence electrons. The summed E-state index contributed by atoms with van der Waals surface area (Å²) in [7, 11) is 1.57. The fourth-order valence-corrected chi connectivity index (χ4v) is 7.10. The highest BCUT2D eigenvalue weighted by Crippen LogP contribution is 2.58. The number of amides is 1. The van der Waals surface area contributed by atoms with Gasteiger partial charge in [-0.1, -0.05) is 76.6 Å². The number of carbonyl (C=O) groups is 3. The molecule has 7 heteroatoms. The van der Waals surface area contributed by atoms with E-state index in [1.807, 2.05) is 65.6 Å². The van der Waals surface area contributed by atoms with Crippen molar-refractivity contribution in [2.45, 2.75) is 17.5 Å². The highest BCUT2D eigenvalue weighted by molar-refractivity contribution is 9.10. The summed E-state index contributed by atoms with van der Waals surface area (Å²) in [4.78, 5) is 45.8. The first-order valence-corrected chi connectivity index (χ1v) is 14.2. The molecule has 4 aromatic carbocycles. The Hall–Kier alpha value is -4.49. The Morgan fingerprint density at radius 2 is 1.51 bits per heavy atom. The van der Waals surface area contributed by atoms with Crippen molar-refractivity contribution in [1.29, 1.82) is 0 Å². The molecular formula is C34H25BrN2O4. The lowest BCUT2D eigenvalue weighted by Crippen LogP contribution is -2.51. The zero-order valence-electron chi connectivity index (χ0n) is 22.1. The van der Waals surface area contributed by atoms with Gasteiger partial charge in [-0.05, 0) is 59.7 Å². The fraction of sp³-hybridized carbons (Fsp3) is 0.147. The summed E-state index contributed by atoms with van der Waals surface area (Å²) in [5.41, 5.74) is 2.68. The van der Waals surface area contributed by atoms with E-state index in [9.17, 15) is 14.4 Å². The number of benzene rings is 4. The Morgan fingerprint density at radius 3 is 2.27 bits per heavy atom. The lowest BCUT2D eigenvalue weighted by Gasteiger charge is -2.37. The van der Waals surface area contributed by atoms with Gasteiger partial charge in [0.2, 0.25) is 5.91 Å². The molecule has 41 heavy (non-hydrogen) atoms. The third-order valence-electron chi connectivity index (χ3n) is 8.60. The third-order valence-corrected chi connectivity index (χ3v) is 9.12. The molecule has 0 saturated carbocycles. The van der Waals surface area contributed by atoms with Crippen LogP contribution in [0.25, 0.3) is 6.08 Å². The highest BCUT2D eigenvalue weighted by Gasteiger charge is 2.70. The Bertz CT molecular complexity index is 1750. The molecular weight excluding hydrogens is 580 g/mol. The van der Waals surface area contributed by atoms with Crippen molar-refractivity contribution in [1.82, 2.24) is 0 Å². The van der Waals surface area contributed by atoms with E-state index >= 15 is 0 Å².